The molecule has 0 spiro atoms. The Labute approximate surface area is 212 Å². The van der Waals surface area contributed by atoms with E-state index in [0.29, 0.717) is 32.0 Å². The zero-order chi connectivity index (χ0) is 25.4. The lowest BCUT2D eigenvalue weighted by atomic mass is 9.88. The molecule has 1 aromatic rings. The monoisotopic (exact) mass is 487 g/mol. The average Bonchev–Trinajstić information content (AvgIpc) is 2.80. The fourth-order valence-corrected chi connectivity index (χ4v) is 5.61. The van der Waals surface area contributed by atoms with E-state index in [4.69, 9.17) is 0 Å². The van der Waals surface area contributed by atoms with Gasteiger partial charge in [-0.2, -0.15) is 0 Å². The molecule has 0 aromatic heterocycles. The molecule has 35 heavy (non-hydrogen) atoms. The van der Waals surface area contributed by atoms with Crippen molar-refractivity contribution in [3.8, 4) is 0 Å². The molecule has 0 bridgehead atoms. The molecular weight excluding hydrogens is 441 g/mol. The lowest BCUT2D eigenvalue weighted by Crippen LogP contribution is -2.41. The number of amides is 2. The van der Waals surface area contributed by atoms with Crippen molar-refractivity contribution in [3.05, 3.63) is 29.6 Å². The standard InChI is InChI=1S/C29H46FN3O2/c1-22(2)18-28(34)33-17-9-15-31(20-23(3)4)14-8-16-32(29(35)24-10-6-5-7-11-24)21-25-19-26(30)12-13-27(25)33/h12-13,19,22-24H,5-11,14-18,20-21H2,1-4H3. The molecule has 0 atom stereocenters. The van der Waals surface area contributed by atoms with E-state index in [2.05, 4.69) is 32.6 Å². The quantitative estimate of drug-likeness (QED) is 0.522. The zero-order valence-electron chi connectivity index (χ0n) is 22.4. The molecule has 0 unspecified atom stereocenters. The molecule has 6 heteroatoms. The minimum atomic E-state index is -0.319. The van der Waals surface area contributed by atoms with Crippen molar-refractivity contribution in [2.24, 2.45) is 17.8 Å². The Kier molecular flexibility index (Phi) is 10.6. The lowest BCUT2D eigenvalue weighted by molar-refractivity contribution is -0.137. The number of rotatable bonds is 5. The van der Waals surface area contributed by atoms with Crippen molar-refractivity contribution >= 4 is 17.5 Å². The van der Waals surface area contributed by atoms with Crippen molar-refractivity contribution < 1.29 is 14.0 Å². The number of nitrogens with zero attached hydrogens (tertiary/aromatic N) is 3. The normalized spacial score (nSPS) is 19.4. The highest BCUT2D eigenvalue weighted by molar-refractivity contribution is 5.94. The second-order valence-corrected chi connectivity index (χ2v) is 11.4. The number of halogens is 1. The molecule has 1 aliphatic heterocycles. The molecule has 196 valence electrons. The van der Waals surface area contributed by atoms with Crippen LogP contribution in [0.3, 0.4) is 0 Å². The van der Waals surface area contributed by atoms with Crippen LogP contribution in [0, 0.1) is 23.6 Å². The highest BCUT2D eigenvalue weighted by atomic mass is 19.1. The molecule has 3 rings (SSSR count). The van der Waals surface area contributed by atoms with Crippen molar-refractivity contribution in [3.63, 3.8) is 0 Å². The third-order valence-electron chi connectivity index (χ3n) is 7.23. The maximum absolute atomic E-state index is 14.4. The molecule has 0 saturated heterocycles. The predicted molar refractivity (Wildman–Crippen MR) is 141 cm³/mol. The van der Waals surface area contributed by atoms with E-state index in [-0.39, 0.29) is 29.5 Å². The van der Waals surface area contributed by atoms with Gasteiger partial charge in [0.15, 0.2) is 0 Å². The fraction of sp³-hybridized carbons (Fsp3) is 0.724. The van der Waals surface area contributed by atoms with Gasteiger partial charge in [0.1, 0.15) is 5.82 Å². The van der Waals surface area contributed by atoms with Crippen molar-refractivity contribution in [2.75, 3.05) is 37.6 Å². The molecular formula is C29H46FN3O2. The van der Waals surface area contributed by atoms with Crippen LogP contribution in [0.5, 0.6) is 0 Å². The molecule has 1 saturated carbocycles. The number of carbonyl (C=O) groups excluding carboxylic acids is 2. The first-order chi connectivity index (χ1) is 16.7. The van der Waals surface area contributed by atoms with Gasteiger partial charge in [0.05, 0.1) is 0 Å². The van der Waals surface area contributed by atoms with Gasteiger partial charge in [-0.25, -0.2) is 4.39 Å². The molecule has 1 aliphatic carbocycles. The van der Waals surface area contributed by atoms with Gasteiger partial charge in [0, 0.05) is 44.2 Å². The summed E-state index contributed by atoms with van der Waals surface area (Å²) in [7, 11) is 0. The number of hydrogen-bond acceptors (Lipinski definition) is 3. The largest absolute Gasteiger partial charge is 0.338 e. The third-order valence-corrected chi connectivity index (χ3v) is 7.23. The zero-order valence-corrected chi connectivity index (χ0v) is 22.4. The first-order valence-corrected chi connectivity index (χ1v) is 13.8. The smallest absolute Gasteiger partial charge is 0.227 e. The van der Waals surface area contributed by atoms with Gasteiger partial charge in [-0.3, -0.25) is 9.59 Å². The number of anilines is 1. The lowest BCUT2D eigenvalue weighted by Gasteiger charge is -2.34. The third kappa shape index (κ3) is 8.30. The second-order valence-electron chi connectivity index (χ2n) is 11.4. The first kappa shape index (κ1) is 27.6. The summed E-state index contributed by atoms with van der Waals surface area (Å²) in [6.07, 6.45) is 7.55. The van der Waals surface area contributed by atoms with E-state index < -0.39 is 0 Å². The summed E-state index contributed by atoms with van der Waals surface area (Å²) in [5.74, 6) is 0.831. The van der Waals surface area contributed by atoms with Gasteiger partial charge in [-0.05, 0) is 74.4 Å². The van der Waals surface area contributed by atoms with Crippen LogP contribution in [0.1, 0.15) is 84.6 Å². The molecule has 5 nitrogen and oxygen atoms in total. The van der Waals surface area contributed by atoms with Gasteiger partial charge in [-0.15, -0.1) is 0 Å². The Bertz CT molecular complexity index is 835. The van der Waals surface area contributed by atoms with Crippen LogP contribution in [0.2, 0.25) is 0 Å². The van der Waals surface area contributed by atoms with Gasteiger partial charge >= 0.3 is 0 Å². The second kappa shape index (κ2) is 13.4. The minimum Gasteiger partial charge on any atom is -0.338 e. The van der Waals surface area contributed by atoms with Gasteiger partial charge in [-0.1, -0.05) is 47.0 Å². The summed E-state index contributed by atoms with van der Waals surface area (Å²) < 4.78 is 14.4. The van der Waals surface area contributed by atoms with E-state index in [9.17, 15) is 14.0 Å². The summed E-state index contributed by atoms with van der Waals surface area (Å²) in [5, 5.41) is 0. The Hall–Kier alpha value is -1.95. The van der Waals surface area contributed by atoms with Crippen LogP contribution in [0.4, 0.5) is 10.1 Å². The molecule has 2 amide bonds. The van der Waals surface area contributed by atoms with Crippen LogP contribution in [-0.4, -0.2) is 54.3 Å². The predicted octanol–water partition coefficient (Wildman–Crippen LogP) is 5.87. The summed E-state index contributed by atoms with van der Waals surface area (Å²) in [4.78, 5) is 33.2. The highest BCUT2D eigenvalue weighted by Gasteiger charge is 2.28. The van der Waals surface area contributed by atoms with E-state index in [0.717, 1.165) is 69.4 Å². The molecule has 2 aliphatic rings. The number of carbonyl (C=O) groups is 2. The van der Waals surface area contributed by atoms with Gasteiger partial charge < -0.3 is 14.7 Å². The van der Waals surface area contributed by atoms with Crippen molar-refractivity contribution in [1.29, 1.82) is 0 Å². The van der Waals surface area contributed by atoms with Crippen LogP contribution < -0.4 is 4.90 Å². The van der Waals surface area contributed by atoms with Gasteiger partial charge in [0.25, 0.3) is 0 Å². The molecule has 0 radical (unpaired) electrons. The van der Waals surface area contributed by atoms with Crippen LogP contribution in [0.15, 0.2) is 18.2 Å². The van der Waals surface area contributed by atoms with Crippen LogP contribution in [-0.2, 0) is 16.1 Å². The summed E-state index contributed by atoms with van der Waals surface area (Å²) in [5.41, 5.74) is 1.50. The van der Waals surface area contributed by atoms with E-state index in [1.807, 2.05) is 9.80 Å². The Morgan fingerprint density at radius 2 is 1.60 bits per heavy atom. The average molecular weight is 488 g/mol. The minimum absolute atomic E-state index is 0.0686. The van der Waals surface area contributed by atoms with Crippen LogP contribution >= 0.6 is 0 Å². The SMILES string of the molecule is CC(C)CC(=O)N1CCCN(CC(C)C)CCCN(C(=O)C2CCCCC2)Cc2cc(F)ccc21. The van der Waals surface area contributed by atoms with Crippen LogP contribution in [0.25, 0.3) is 0 Å². The van der Waals surface area contributed by atoms with Crippen molar-refractivity contribution in [2.45, 2.75) is 85.6 Å². The maximum atomic E-state index is 14.4. The Balaban J connectivity index is 1.94. The van der Waals surface area contributed by atoms with Crippen molar-refractivity contribution in [1.82, 2.24) is 9.80 Å². The summed E-state index contributed by atoms with van der Waals surface area (Å²) in [6, 6.07) is 4.71. The van der Waals surface area contributed by atoms with E-state index in [1.165, 1.54) is 18.6 Å². The topological polar surface area (TPSA) is 43.9 Å². The highest BCUT2D eigenvalue weighted by Crippen LogP contribution is 2.29. The number of benzene rings is 1. The molecule has 1 heterocycles. The fourth-order valence-electron chi connectivity index (χ4n) is 5.61. The summed E-state index contributed by atoms with van der Waals surface area (Å²) >= 11 is 0. The molecule has 1 aromatic carbocycles. The Morgan fingerprint density at radius 1 is 0.914 bits per heavy atom. The van der Waals surface area contributed by atoms with E-state index >= 15 is 0 Å². The Morgan fingerprint density at radius 3 is 2.26 bits per heavy atom. The van der Waals surface area contributed by atoms with E-state index in [1.54, 1.807) is 6.07 Å². The number of fused-ring (bicyclic) bond motifs is 1. The maximum Gasteiger partial charge on any atom is 0.227 e. The summed E-state index contributed by atoms with van der Waals surface area (Å²) in [6.45, 7) is 13.1. The first-order valence-electron chi connectivity index (χ1n) is 13.8. The van der Waals surface area contributed by atoms with Gasteiger partial charge in [0.2, 0.25) is 11.8 Å². The number of hydrogen-bond donors (Lipinski definition) is 0. The molecule has 1 fully saturated rings. The molecule has 0 N–H and O–H groups in total.